The van der Waals surface area contributed by atoms with Gasteiger partial charge in [0.2, 0.25) is 0 Å². The summed E-state index contributed by atoms with van der Waals surface area (Å²) < 4.78 is 50.0. The van der Waals surface area contributed by atoms with Crippen molar-refractivity contribution in [2.45, 2.75) is 70.6 Å². The minimum Gasteiger partial charge on any atom is -0.449 e. The summed E-state index contributed by atoms with van der Waals surface area (Å²) in [4.78, 5) is 12.3. The summed E-state index contributed by atoms with van der Waals surface area (Å²) in [7, 11) is 0. The Morgan fingerprint density at radius 3 is 1.26 bits per heavy atom. The van der Waals surface area contributed by atoms with E-state index in [1.54, 1.807) is 0 Å². The second-order valence-electron chi connectivity index (χ2n) is 13.0. The maximum Gasteiger partial charge on any atom is 0.407 e. The Balaban J connectivity index is 0.952. The van der Waals surface area contributed by atoms with Gasteiger partial charge in [-0.2, -0.15) is 0 Å². The number of unbranched alkanes of at least 4 members (excludes halogenated alkanes) is 7. The molecular weight excluding hydrogens is 678 g/mol. The molecule has 2 aromatic carbocycles. The summed E-state index contributed by atoms with van der Waals surface area (Å²) in [6, 6.07) is 16.6. The molecular formula is C42H67NO10. The predicted octanol–water partition coefficient (Wildman–Crippen LogP) is 7.19. The van der Waals surface area contributed by atoms with Crippen LogP contribution in [0.2, 0.25) is 0 Å². The maximum atomic E-state index is 12.3. The molecule has 1 aliphatic rings. The van der Waals surface area contributed by atoms with Crippen LogP contribution < -0.4 is 5.32 Å². The molecule has 0 fully saturated rings. The van der Waals surface area contributed by atoms with Gasteiger partial charge in [-0.05, 0) is 35.1 Å². The van der Waals surface area contributed by atoms with Gasteiger partial charge in [0.25, 0.3) is 0 Å². The number of hydrogen-bond acceptors (Lipinski definition) is 10. The molecule has 3 rings (SSSR count). The third-order valence-corrected chi connectivity index (χ3v) is 8.82. The Hall–Kier alpha value is -2.61. The Morgan fingerprint density at radius 2 is 0.830 bits per heavy atom. The lowest BCUT2D eigenvalue weighted by Gasteiger charge is -2.14. The summed E-state index contributed by atoms with van der Waals surface area (Å²) in [6.07, 6.45) is 10.8. The maximum absolute atomic E-state index is 12.3. The van der Waals surface area contributed by atoms with E-state index in [4.69, 9.17) is 42.6 Å². The van der Waals surface area contributed by atoms with Crippen molar-refractivity contribution in [3.63, 3.8) is 0 Å². The Kier molecular flexibility index (Phi) is 26.8. The Bertz CT molecular complexity index is 1120. The molecule has 11 nitrogen and oxygen atoms in total. The van der Waals surface area contributed by atoms with Crippen LogP contribution in [0, 0.1) is 0 Å². The van der Waals surface area contributed by atoms with Gasteiger partial charge in [-0.3, -0.25) is 0 Å². The van der Waals surface area contributed by atoms with Crippen LogP contribution in [0.4, 0.5) is 4.79 Å². The molecule has 300 valence electrons. The Morgan fingerprint density at radius 1 is 0.472 bits per heavy atom. The van der Waals surface area contributed by atoms with Crippen molar-refractivity contribution in [1.82, 2.24) is 5.32 Å². The highest BCUT2D eigenvalue weighted by Gasteiger charge is 2.28. The lowest BCUT2D eigenvalue weighted by molar-refractivity contribution is -0.0232. The summed E-state index contributed by atoms with van der Waals surface area (Å²) in [6.45, 7) is 11.9. The average molecular weight is 746 g/mol. The van der Waals surface area contributed by atoms with Crippen LogP contribution in [0.5, 0.6) is 0 Å². The number of hydrogen-bond donors (Lipinski definition) is 1. The molecule has 0 aromatic heterocycles. The number of amides is 1. The normalized spacial score (nSPS) is 12.2. The van der Waals surface area contributed by atoms with Crippen LogP contribution in [-0.4, -0.2) is 125 Å². The van der Waals surface area contributed by atoms with Crippen molar-refractivity contribution in [2.24, 2.45) is 0 Å². The van der Waals surface area contributed by atoms with E-state index in [1.807, 2.05) is 24.3 Å². The fraction of sp³-hybridized carbons (Fsp3) is 0.690. The van der Waals surface area contributed by atoms with Crippen LogP contribution in [0.25, 0.3) is 11.1 Å². The van der Waals surface area contributed by atoms with Crippen LogP contribution in [0.15, 0.2) is 48.5 Å². The molecule has 0 saturated heterocycles. The van der Waals surface area contributed by atoms with Crippen LogP contribution >= 0.6 is 0 Å². The van der Waals surface area contributed by atoms with Crippen molar-refractivity contribution >= 4 is 6.09 Å². The molecule has 2 aromatic rings. The zero-order valence-electron chi connectivity index (χ0n) is 32.4. The van der Waals surface area contributed by atoms with Crippen LogP contribution in [-0.2, 0) is 42.6 Å². The zero-order valence-corrected chi connectivity index (χ0v) is 32.4. The van der Waals surface area contributed by atoms with Gasteiger partial charge < -0.3 is 47.9 Å². The number of rotatable bonds is 36. The molecule has 0 aliphatic heterocycles. The fourth-order valence-corrected chi connectivity index (χ4v) is 5.99. The lowest BCUT2D eigenvalue weighted by atomic mass is 9.98. The molecule has 0 heterocycles. The highest BCUT2D eigenvalue weighted by Crippen LogP contribution is 2.44. The first-order chi connectivity index (χ1) is 26.3. The summed E-state index contributed by atoms with van der Waals surface area (Å²) in [5.41, 5.74) is 4.83. The van der Waals surface area contributed by atoms with Crippen molar-refractivity contribution in [3.8, 4) is 11.1 Å². The number of fused-ring (bicyclic) bond motifs is 3. The molecule has 0 saturated carbocycles. The molecule has 0 bridgehead atoms. The smallest absolute Gasteiger partial charge is 0.407 e. The van der Waals surface area contributed by atoms with Gasteiger partial charge in [0, 0.05) is 25.7 Å². The van der Waals surface area contributed by atoms with E-state index in [9.17, 15) is 4.79 Å². The standard InChI is InChI=1S/C42H67NO10/c1-2-3-4-5-6-7-8-13-20-45-22-24-47-26-28-49-30-32-51-34-35-52-33-31-50-29-27-48-25-23-46-21-14-19-43-42(44)53-36-41-39-17-11-9-15-37(39)38-16-10-12-18-40(38)41/h9-12,15-18,41H,2-8,13-14,19-36H2,1H3,(H,43,44). The second-order valence-corrected chi connectivity index (χ2v) is 13.0. The highest BCUT2D eigenvalue weighted by molar-refractivity contribution is 5.79. The van der Waals surface area contributed by atoms with E-state index >= 15 is 0 Å². The molecule has 53 heavy (non-hydrogen) atoms. The molecule has 0 unspecified atom stereocenters. The summed E-state index contributed by atoms with van der Waals surface area (Å²) in [5.74, 6) is 0.0548. The van der Waals surface area contributed by atoms with Gasteiger partial charge in [-0.15, -0.1) is 0 Å². The fourth-order valence-electron chi connectivity index (χ4n) is 5.99. The number of ether oxygens (including phenoxy) is 9. The first-order valence-corrected chi connectivity index (χ1v) is 20.0. The monoisotopic (exact) mass is 745 g/mol. The minimum absolute atomic E-state index is 0.0548. The van der Waals surface area contributed by atoms with E-state index < -0.39 is 6.09 Å². The molecule has 11 heteroatoms. The van der Waals surface area contributed by atoms with Crippen molar-refractivity contribution < 1.29 is 47.4 Å². The number of benzene rings is 2. The molecule has 1 amide bonds. The second kappa shape index (κ2) is 31.7. The van der Waals surface area contributed by atoms with Crippen molar-refractivity contribution in [1.29, 1.82) is 0 Å². The third kappa shape index (κ3) is 21.2. The lowest BCUT2D eigenvalue weighted by Crippen LogP contribution is -2.27. The number of carbonyl (C=O) groups excluding carboxylic acids is 1. The Labute approximate surface area is 318 Å². The number of carbonyl (C=O) groups is 1. The van der Waals surface area contributed by atoms with Gasteiger partial charge in [-0.25, -0.2) is 4.79 Å². The number of alkyl carbamates (subject to hydrolysis) is 1. The van der Waals surface area contributed by atoms with E-state index in [0.717, 1.165) is 13.0 Å². The topological polar surface area (TPSA) is 112 Å². The first kappa shape index (κ1) is 44.8. The molecule has 0 radical (unpaired) electrons. The van der Waals surface area contributed by atoms with Gasteiger partial charge in [0.05, 0.1) is 92.5 Å². The van der Waals surface area contributed by atoms with E-state index in [1.165, 1.54) is 67.2 Å². The molecule has 0 spiro atoms. The first-order valence-electron chi connectivity index (χ1n) is 20.0. The quantitative estimate of drug-likeness (QED) is 0.0720. The SMILES string of the molecule is CCCCCCCCCCOCCOCCOCCOCCOCCOCCOCCOCCCNC(=O)OCC1c2ccccc2-c2ccccc21. The number of nitrogens with one attached hydrogen (secondary N) is 1. The predicted molar refractivity (Wildman–Crippen MR) is 207 cm³/mol. The molecule has 1 N–H and O–H groups in total. The zero-order chi connectivity index (χ0) is 37.3. The van der Waals surface area contributed by atoms with Crippen molar-refractivity contribution in [2.75, 3.05) is 119 Å². The van der Waals surface area contributed by atoms with Gasteiger partial charge in [0.15, 0.2) is 0 Å². The third-order valence-electron chi connectivity index (χ3n) is 8.82. The molecule has 1 aliphatic carbocycles. The van der Waals surface area contributed by atoms with Crippen molar-refractivity contribution in [3.05, 3.63) is 59.7 Å². The molecule has 0 atom stereocenters. The summed E-state index contributed by atoms with van der Waals surface area (Å²) >= 11 is 0. The van der Waals surface area contributed by atoms with E-state index in [2.05, 4.69) is 36.5 Å². The summed E-state index contributed by atoms with van der Waals surface area (Å²) in [5, 5.41) is 2.81. The van der Waals surface area contributed by atoms with E-state index in [0.29, 0.717) is 119 Å². The van der Waals surface area contributed by atoms with Gasteiger partial charge in [0.1, 0.15) is 6.61 Å². The van der Waals surface area contributed by atoms with Gasteiger partial charge >= 0.3 is 6.09 Å². The van der Waals surface area contributed by atoms with Gasteiger partial charge in [-0.1, -0.05) is 100 Å². The van der Waals surface area contributed by atoms with Crippen LogP contribution in [0.1, 0.15) is 81.8 Å². The van der Waals surface area contributed by atoms with E-state index in [-0.39, 0.29) is 5.92 Å². The minimum atomic E-state index is -0.409. The highest BCUT2D eigenvalue weighted by atomic mass is 16.6. The van der Waals surface area contributed by atoms with Crippen LogP contribution in [0.3, 0.4) is 0 Å². The largest absolute Gasteiger partial charge is 0.449 e. The average Bonchev–Trinajstić information content (AvgIpc) is 3.50.